The van der Waals surface area contributed by atoms with Gasteiger partial charge in [0.2, 0.25) is 0 Å². The lowest BCUT2D eigenvalue weighted by Crippen LogP contribution is -2.59. The minimum absolute atomic E-state index is 0.112. The summed E-state index contributed by atoms with van der Waals surface area (Å²) in [5, 5.41) is 7.40. The summed E-state index contributed by atoms with van der Waals surface area (Å²) < 4.78 is 7.21. The molecule has 0 bridgehead atoms. The zero-order chi connectivity index (χ0) is 48.8. The summed E-state index contributed by atoms with van der Waals surface area (Å²) in [6.07, 6.45) is 0. The van der Waals surface area contributed by atoms with E-state index in [1.807, 2.05) is 0 Å². The first-order valence-electron chi connectivity index (χ1n) is 25.5. The van der Waals surface area contributed by atoms with Crippen LogP contribution in [0.4, 0.5) is 17.1 Å². The lowest BCUT2D eigenvalue weighted by molar-refractivity contribution is 0.483. The molecule has 73 heavy (non-hydrogen) atoms. The summed E-state index contributed by atoms with van der Waals surface area (Å²) in [7, 11) is 0. The Hall–Kier alpha value is -8.92. The molecule has 0 saturated heterocycles. The fourth-order valence-electron chi connectivity index (χ4n) is 12.0. The number of benzene rings is 12. The van der Waals surface area contributed by atoms with E-state index in [0.717, 1.165) is 50.8 Å². The van der Waals surface area contributed by atoms with E-state index in [0.29, 0.717) is 0 Å². The number of hydrogen-bond acceptors (Lipinski definition) is 2. The standard InChI is InChI=1S/C70H50BNO/c1-70(2,3)53-43-63-68-65(44-53)73-64-39-37-50(45-20-7-4-8-21-45)41-61(64)71(68)60-38-36-52(42-62(60)72(63)69-54(47-23-9-5-10-24-47)32-19-33-55(69)48-25-11-6-12-26-48)67-58-30-17-15-28-56(58)66(57-29-16-18-31-59(57)67)51-35-34-46-22-13-14-27-49(46)40-51/h4-44H,1-3H3. The van der Waals surface area contributed by atoms with Crippen molar-refractivity contribution >= 4 is 72.5 Å². The molecule has 0 aromatic heterocycles. The first kappa shape index (κ1) is 42.9. The van der Waals surface area contributed by atoms with Crippen LogP contribution in [0.2, 0.25) is 0 Å². The molecule has 0 saturated carbocycles. The topological polar surface area (TPSA) is 12.5 Å². The molecule has 12 aromatic rings. The first-order chi connectivity index (χ1) is 35.9. The van der Waals surface area contributed by atoms with Gasteiger partial charge in [-0.25, -0.2) is 0 Å². The van der Waals surface area contributed by atoms with Gasteiger partial charge in [0.1, 0.15) is 11.5 Å². The Kier molecular flexibility index (Phi) is 9.91. The summed E-state index contributed by atoms with van der Waals surface area (Å²) in [5.74, 6) is 1.81. The average Bonchev–Trinajstić information content (AvgIpc) is 3.44. The summed E-state index contributed by atoms with van der Waals surface area (Å²) in [5.41, 5.74) is 19.9. The number of nitrogens with zero attached hydrogens (tertiary/aromatic N) is 1. The van der Waals surface area contributed by atoms with Crippen molar-refractivity contribution in [3.8, 4) is 67.1 Å². The molecule has 0 fully saturated rings. The van der Waals surface area contributed by atoms with Crippen molar-refractivity contribution in [3.63, 3.8) is 0 Å². The number of hydrogen-bond donors (Lipinski definition) is 0. The summed E-state index contributed by atoms with van der Waals surface area (Å²) in [4.78, 5) is 2.61. The molecule has 0 N–H and O–H groups in total. The maximum atomic E-state index is 7.21. The Balaban J connectivity index is 1.10. The number of ether oxygens (including phenoxy) is 1. The van der Waals surface area contributed by atoms with E-state index in [-0.39, 0.29) is 12.1 Å². The molecule has 2 heterocycles. The number of anilines is 3. The van der Waals surface area contributed by atoms with Crippen LogP contribution in [0, 0.1) is 0 Å². The first-order valence-corrected chi connectivity index (χ1v) is 25.5. The van der Waals surface area contributed by atoms with Crippen LogP contribution >= 0.6 is 0 Å². The van der Waals surface area contributed by atoms with Gasteiger partial charge in [-0.2, -0.15) is 0 Å². The Morgan fingerprint density at radius 2 is 0.877 bits per heavy atom. The van der Waals surface area contributed by atoms with Crippen LogP contribution in [0.3, 0.4) is 0 Å². The van der Waals surface area contributed by atoms with Crippen LogP contribution in [0.25, 0.3) is 88.0 Å². The van der Waals surface area contributed by atoms with Crippen LogP contribution < -0.4 is 26.0 Å². The van der Waals surface area contributed by atoms with E-state index in [9.17, 15) is 0 Å². The van der Waals surface area contributed by atoms with Crippen molar-refractivity contribution in [2.75, 3.05) is 4.90 Å². The third-order valence-corrected chi connectivity index (χ3v) is 15.4. The van der Waals surface area contributed by atoms with E-state index in [1.54, 1.807) is 0 Å². The molecule has 0 unspecified atom stereocenters. The number of fused-ring (bicyclic) bond motifs is 7. The normalized spacial score (nSPS) is 12.6. The predicted octanol–water partition coefficient (Wildman–Crippen LogP) is 17.2. The molecule has 14 rings (SSSR count). The molecule has 2 nitrogen and oxygen atoms in total. The van der Waals surface area contributed by atoms with Gasteiger partial charge in [0.15, 0.2) is 0 Å². The van der Waals surface area contributed by atoms with Gasteiger partial charge in [-0.15, -0.1) is 0 Å². The van der Waals surface area contributed by atoms with Crippen molar-refractivity contribution in [1.82, 2.24) is 0 Å². The SMILES string of the molecule is CC(C)(C)c1cc2c3c(c1)N(c1c(-c4ccccc4)cccc1-c1ccccc1)c1cc(-c4c5ccccc5c(-c5ccc6ccccc6c5)c5ccccc45)ccc1B3c1cc(-c3ccccc3)ccc1O2. The van der Waals surface area contributed by atoms with E-state index in [4.69, 9.17) is 4.74 Å². The quantitative estimate of drug-likeness (QED) is 0.122. The smallest absolute Gasteiger partial charge is 0.256 e. The molecule has 0 atom stereocenters. The highest BCUT2D eigenvalue weighted by Gasteiger charge is 2.44. The average molecular weight is 932 g/mol. The number of para-hydroxylation sites is 1. The molecule has 0 amide bonds. The molecule has 12 aromatic carbocycles. The lowest BCUT2D eigenvalue weighted by Gasteiger charge is -2.42. The lowest BCUT2D eigenvalue weighted by atomic mass is 9.34. The Morgan fingerprint density at radius 3 is 1.48 bits per heavy atom. The summed E-state index contributed by atoms with van der Waals surface area (Å²) in [6, 6.07) is 92.0. The van der Waals surface area contributed by atoms with Gasteiger partial charge in [-0.1, -0.05) is 239 Å². The highest BCUT2D eigenvalue weighted by Crippen LogP contribution is 2.52. The van der Waals surface area contributed by atoms with Crippen LogP contribution in [-0.4, -0.2) is 6.71 Å². The molecule has 0 spiro atoms. The third kappa shape index (κ3) is 7.02. The summed E-state index contributed by atoms with van der Waals surface area (Å²) in [6.45, 7) is 6.82. The van der Waals surface area contributed by atoms with E-state index >= 15 is 0 Å². The summed E-state index contributed by atoms with van der Waals surface area (Å²) >= 11 is 0. The second-order valence-corrected chi connectivity index (χ2v) is 20.8. The van der Waals surface area contributed by atoms with Crippen LogP contribution in [0.15, 0.2) is 249 Å². The molecule has 2 aliphatic heterocycles. The second kappa shape index (κ2) is 16.9. The number of rotatable bonds is 6. The highest BCUT2D eigenvalue weighted by atomic mass is 16.5. The maximum absolute atomic E-state index is 7.21. The zero-order valence-electron chi connectivity index (χ0n) is 41.1. The van der Waals surface area contributed by atoms with Crippen molar-refractivity contribution in [3.05, 3.63) is 254 Å². The third-order valence-electron chi connectivity index (χ3n) is 15.4. The molecule has 0 radical (unpaired) electrons. The maximum Gasteiger partial charge on any atom is 0.256 e. The largest absolute Gasteiger partial charge is 0.458 e. The van der Waals surface area contributed by atoms with Gasteiger partial charge in [0.25, 0.3) is 6.71 Å². The molecule has 0 aliphatic carbocycles. The van der Waals surface area contributed by atoms with Gasteiger partial charge in [0.05, 0.1) is 5.69 Å². The van der Waals surface area contributed by atoms with Crippen LogP contribution in [0.5, 0.6) is 11.5 Å². The molecular formula is C70H50BNO. The van der Waals surface area contributed by atoms with Gasteiger partial charge >= 0.3 is 0 Å². The van der Waals surface area contributed by atoms with E-state index in [2.05, 4.69) is 274 Å². The Bertz CT molecular complexity index is 4040. The molecule has 3 heteroatoms. The van der Waals surface area contributed by atoms with Gasteiger partial charge in [-0.3, -0.25) is 0 Å². The molecule has 344 valence electrons. The van der Waals surface area contributed by atoms with Crippen molar-refractivity contribution in [2.24, 2.45) is 0 Å². The fraction of sp³-hybridized carbons (Fsp3) is 0.0571. The van der Waals surface area contributed by atoms with Crippen molar-refractivity contribution < 1.29 is 4.74 Å². The predicted molar refractivity (Wildman–Crippen MR) is 311 cm³/mol. The van der Waals surface area contributed by atoms with Gasteiger partial charge in [0, 0.05) is 22.5 Å². The Labute approximate surface area is 427 Å². The molecular weight excluding hydrogens is 882 g/mol. The zero-order valence-corrected chi connectivity index (χ0v) is 41.1. The van der Waals surface area contributed by atoms with Crippen molar-refractivity contribution in [1.29, 1.82) is 0 Å². The van der Waals surface area contributed by atoms with Crippen LogP contribution in [-0.2, 0) is 5.41 Å². The Morgan fingerprint density at radius 1 is 0.356 bits per heavy atom. The fourth-order valence-corrected chi connectivity index (χ4v) is 12.0. The second-order valence-electron chi connectivity index (χ2n) is 20.8. The van der Waals surface area contributed by atoms with Crippen LogP contribution in [0.1, 0.15) is 26.3 Å². The van der Waals surface area contributed by atoms with E-state index < -0.39 is 0 Å². The van der Waals surface area contributed by atoms with Gasteiger partial charge in [-0.05, 0) is 135 Å². The monoisotopic (exact) mass is 931 g/mol. The molecule has 2 aliphatic rings. The van der Waals surface area contributed by atoms with E-state index in [1.165, 1.54) is 87.6 Å². The van der Waals surface area contributed by atoms with Gasteiger partial charge < -0.3 is 9.64 Å². The highest BCUT2D eigenvalue weighted by molar-refractivity contribution is 6.99. The van der Waals surface area contributed by atoms with Crippen molar-refractivity contribution in [2.45, 2.75) is 26.2 Å². The minimum atomic E-state index is -0.179. The minimum Gasteiger partial charge on any atom is -0.458 e.